The number of nitrogens with zero attached hydrogens (tertiary/aromatic N) is 3. The lowest BCUT2D eigenvalue weighted by Gasteiger charge is -2.08. The number of hydrogen-bond acceptors (Lipinski definition) is 7. The summed E-state index contributed by atoms with van der Waals surface area (Å²) in [6.07, 6.45) is 1.40. The maximum atomic E-state index is 12.7. The van der Waals surface area contributed by atoms with Crippen molar-refractivity contribution in [2.45, 2.75) is 20.8 Å². The Kier molecular flexibility index (Phi) is 4.81. The molecule has 3 rings (SSSR count). The van der Waals surface area contributed by atoms with Crippen LogP contribution < -0.4 is 10.1 Å². The number of hydrogen-bond donors (Lipinski definition) is 1. The number of nitro benzene ring substituents is 1. The van der Waals surface area contributed by atoms with Crippen LogP contribution in [0.25, 0.3) is 10.2 Å². The van der Waals surface area contributed by atoms with Crippen LogP contribution in [0, 0.1) is 24.0 Å². The van der Waals surface area contributed by atoms with Gasteiger partial charge in [0.05, 0.1) is 27.5 Å². The molecule has 0 spiro atoms. The normalized spacial score (nSPS) is 10.7. The molecule has 0 unspecified atom stereocenters. The average molecular weight is 372 g/mol. The molecule has 0 saturated heterocycles. The fourth-order valence-electron chi connectivity index (χ4n) is 2.54. The van der Waals surface area contributed by atoms with Crippen molar-refractivity contribution in [1.82, 2.24) is 9.97 Å². The van der Waals surface area contributed by atoms with E-state index < -0.39 is 4.92 Å². The second-order valence-corrected chi connectivity index (χ2v) is 6.56. The number of nitrogens with one attached hydrogen (secondary N) is 1. The zero-order valence-corrected chi connectivity index (χ0v) is 15.2. The summed E-state index contributed by atoms with van der Waals surface area (Å²) in [6, 6.07) is 4.35. The predicted molar refractivity (Wildman–Crippen MR) is 99.1 cm³/mol. The Morgan fingerprint density at radius 3 is 2.81 bits per heavy atom. The molecule has 1 aromatic carbocycles. The number of fused-ring (bicyclic) bond motifs is 1. The quantitative estimate of drug-likeness (QED) is 0.538. The van der Waals surface area contributed by atoms with E-state index in [1.165, 1.54) is 29.8 Å². The highest BCUT2D eigenvalue weighted by Gasteiger charge is 2.21. The topological polar surface area (TPSA) is 107 Å². The highest BCUT2D eigenvalue weighted by molar-refractivity contribution is 7.20. The minimum absolute atomic E-state index is 0.0801. The van der Waals surface area contributed by atoms with E-state index >= 15 is 0 Å². The van der Waals surface area contributed by atoms with Crippen LogP contribution in [0.4, 0.5) is 11.4 Å². The molecular formula is C17H16N4O4S. The Labute approximate surface area is 153 Å². The molecule has 9 heteroatoms. The van der Waals surface area contributed by atoms with E-state index in [1.807, 2.05) is 6.92 Å². The molecule has 1 N–H and O–H groups in total. The van der Waals surface area contributed by atoms with Crippen molar-refractivity contribution in [3.05, 3.63) is 50.6 Å². The molecule has 0 atom stereocenters. The molecule has 0 aliphatic rings. The summed E-state index contributed by atoms with van der Waals surface area (Å²) < 4.78 is 5.52. The molecule has 3 aromatic rings. The Bertz CT molecular complexity index is 1020. The summed E-state index contributed by atoms with van der Waals surface area (Å²) in [6.45, 7) is 5.89. The Hall–Kier alpha value is -3.07. The van der Waals surface area contributed by atoms with E-state index in [2.05, 4.69) is 15.3 Å². The number of benzene rings is 1. The Morgan fingerprint density at radius 2 is 2.12 bits per heavy atom. The molecule has 26 heavy (non-hydrogen) atoms. The Balaban J connectivity index is 1.99. The minimum atomic E-state index is -0.496. The van der Waals surface area contributed by atoms with E-state index in [4.69, 9.17) is 4.74 Å². The van der Waals surface area contributed by atoms with Gasteiger partial charge >= 0.3 is 0 Å². The first-order chi connectivity index (χ1) is 12.4. The number of carbonyl (C=O) groups excluding carboxylic acids is 1. The molecule has 0 aliphatic heterocycles. The van der Waals surface area contributed by atoms with Gasteiger partial charge in [-0.2, -0.15) is 0 Å². The molecule has 8 nitrogen and oxygen atoms in total. The second kappa shape index (κ2) is 7.04. The molecule has 0 radical (unpaired) electrons. The molecule has 1 amide bonds. The van der Waals surface area contributed by atoms with Gasteiger partial charge in [0.1, 0.15) is 11.2 Å². The maximum absolute atomic E-state index is 12.7. The van der Waals surface area contributed by atoms with E-state index in [-0.39, 0.29) is 11.6 Å². The van der Waals surface area contributed by atoms with Crippen LogP contribution in [0.2, 0.25) is 0 Å². The lowest BCUT2D eigenvalue weighted by atomic mass is 10.1. The van der Waals surface area contributed by atoms with E-state index in [0.29, 0.717) is 33.3 Å². The number of carbonyl (C=O) groups is 1. The lowest BCUT2D eigenvalue weighted by molar-refractivity contribution is -0.384. The third-order valence-corrected chi connectivity index (χ3v) is 5.06. The standard InChI is InChI=1S/C17H16N4O4S/c1-4-25-16-13-10(3)14(26-17(13)19-8-18-16)15(22)20-12-7-11(21(23)24)6-5-9(12)2/h5-8H,4H2,1-3H3,(H,20,22). The first-order valence-electron chi connectivity index (χ1n) is 7.85. The van der Waals surface area contributed by atoms with Crippen molar-refractivity contribution in [3.8, 4) is 5.88 Å². The molecular weight excluding hydrogens is 356 g/mol. The summed E-state index contributed by atoms with van der Waals surface area (Å²) in [4.78, 5) is 32.7. The predicted octanol–water partition coefficient (Wildman–Crippen LogP) is 3.87. The van der Waals surface area contributed by atoms with Gasteiger partial charge in [0, 0.05) is 12.1 Å². The molecule has 134 valence electrons. The fraction of sp³-hybridized carbons (Fsp3) is 0.235. The largest absolute Gasteiger partial charge is 0.477 e. The fourth-order valence-corrected chi connectivity index (χ4v) is 3.57. The number of thiophene rings is 1. The van der Waals surface area contributed by atoms with Crippen molar-refractivity contribution >= 4 is 38.8 Å². The summed E-state index contributed by atoms with van der Waals surface area (Å²) in [5, 5.41) is 14.4. The second-order valence-electron chi connectivity index (χ2n) is 5.56. The number of amides is 1. The van der Waals surface area contributed by atoms with Gasteiger partial charge in [0.2, 0.25) is 5.88 Å². The van der Waals surface area contributed by atoms with Crippen molar-refractivity contribution in [2.24, 2.45) is 0 Å². The number of non-ortho nitro benzene ring substituents is 1. The number of aryl methyl sites for hydroxylation is 2. The van der Waals surface area contributed by atoms with Crippen LogP contribution in [0.5, 0.6) is 5.88 Å². The molecule has 0 bridgehead atoms. The molecule has 0 fully saturated rings. The van der Waals surface area contributed by atoms with Gasteiger partial charge in [-0.25, -0.2) is 9.97 Å². The number of anilines is 1. The van der Waals surface area contributed by atoms with E-state index in [0.717, 1.165) is 11.1 Å². The van der Waals surface area contributed by atoms with E-state index in [1.54, 1.807) is 19.9 Å². The van der Waals surface area contributed by atoms with Crippen molar-refractivity contribution in [3.63, 3.8) is 0 Å². The highest BCUT2D eigenvalue weighted by atomic mass is 32.1. The van der Waals surface area contributed by atoms with Crippen LogP contribution in [0.1, 0.15) is 27.7 Å². The van der Waals surface area contributed by atoms with Crippen molar-refractivity contribution in [1.29, 1.82) is 0 Å². The van der Waals surface area contributed by atoms with Crippen molar-refractivity contribution < 1.29 is 14.5 Å². The van der Waals surface area contributed by atoms with Gasteiger partial charge < -0.3 is 10.1 Å². The number of rotatable bonds is 5. The summed E-state index contributed by atoms with van der Waals surface area (Å²) in [5.41, 5.74) is 1.77. The average Bonchev–Trinajstić information content (AvgIpc) is 2.95. The summed E-state index contributed by atoms with van der Waals surface area (Å²) in [7, 11) is 0. The van der Waals surface area contributed by atoms with E-state index in [9.17, 15) is 14.9 Å². The SMILES string of the molecule is CCOc1ncnc2sc(C(=O)Nc3cc([N+](=O)[O-])ccc3C)c(C)c12. The first kappa shape index (κ1) is 17.7. The number of ether oxygens (including phenoxy) is 1. The third kappa shape index (κ3) is 3.21. The highest BCUT2D eigenvalue weighted by Crippen LogP contribution is 2.35. The summed E-state index contributed by atoms with van der Waals surface area (Å²) >= 11 is 1.23. The summed E-state index contributed by atoms with van der Waals surface area (Å²) in [5.74, 6) is 0.0911. The third-order valence-electron chi connectivity index (χ3n) is 3.86. The van der Waals surface area contributed by atoms with Crippen LogP contribution in [0.3, 0.4) is 0 Å². The van der Waals surface area contributed by atoms with Crippen LogP contribution in [-0.4, -0.2) is 27.4 Å². The van der Waals surface area contributed by atoms with Gasteiger partial charge in [-0.3, -0.25) is 14.9 Å². The van der Waals surface area contributed by atoms with Gasteiger partial charge in [-0.05, 0) is 31.9 Å². The van der Waals surface area contributed by atoms with Gasteiger partial charge in [-0.15, -0.1) is 11.3 Å². The molecule has 0 aliphatic carbocycles. The lowest BCUT2D eigenvalue weighted by Crippen LogP contribution is -2.12. The van der Waals surface area contributed by atoms with Gasteiger partial charge in [-0.1, -0.05) is 6.07 Å². The maximum Gasteiger partial charge on any atom is 0.271 e. The number of aromatic nitrogens is 2. The van der Waals surface area contributed by atoms with Gasteiger partial charge in [0.15, 0.2) is 0 Å². The zero-order valence-electron chi connectivity index (χ0n) is 14.4. The zero-order chi connectivity index (χ0) is 18.8. The Morgan fingerprint density at radius 1 is 1.35 bits per heavy atom. The van der Waals surface area contributed by atoms with Crippen LogP contribution in [-0.2, 0) is 0 Å². The monoisotopic (exact) mass is 372 g/mol. The molecule has 2 heterocycles. The van der Waals surface area contributed by atoms with Crippen LogP contribution >= 0.6 is 11.3 Å². The van der Waals surface area contributed by atoms with Crippen molar-refractivity contribution in [2.75, 3.05) is 11.9 Å². The van der Waals surface area contributed by atoms with Crippen LogP contribution in [0.15, 0.2) is 24.5 Å². The molecule has 2 aromatic heterocycles. The smallest absolute Gasteiger partial charge is 0.271 e. The molecule has 0 saturated carbocycles. The number of nitro groups is 1. The first-order valence-corrected chi connectivity index (χ1v) is 8.67. The minimum Gasteiger partial charge on any atom is -0.477 e. The van der Waals surface area contributed by atoms with Gasteiger partial charge in [0.25, 0.3) is 11.6 Å².